The zero-order valence-electron chi connectivity index (χ0n) is 11.0. The van der Waals surface area contributed by atoms with Crippen molar-refractivity contribution in [2.75, 3.05) is 0 Å². The predicted octanol–water partition coefficient (Wildman–Crippen LogP) is 3.64. The van der Waals surface area contributed by atoms with Crippen LogP contribution in [0.5, 0.6) is 0 Å². The molecule has 0 saturated carbocycles. The molecule has 0 aromatic heterocycles. The first-order valence-electron chi connectivity index (χ1n) is 6.79. The van der Waals surface area contributed by atoms with E-state index in [1.165, 1.54) is 0 Å². The number of hydrogen-bond acceptors (Lipinski definition) is 1. The highest BCUT2D eigenvalue weighted by molar-refractivity contribution is 6.21. The molecule has 1 heterocycles. The molecule has 2 aromatic rings. The first-order chi connectivity index (χ1) is 9.75. The summed E-state index contributed by atoms with van der Waals surface area (Å²) in [7, 11) is 0. The summed E-state index contributed by atoms with van der Waals surface area (Å²) in [5.74, 6) is 0.205. The highest BCUT2D eigenvalue weighted by Gasteiger charge is 2.38. The fraction of sp³-hybridized carbons (Fsp3) is 0.235. The van der Waals surface area contributed by atoms with E-state index in [2.05, 4.69) is 17.4 Å². The van der Waals surface area contributed by atoms with Crippen LogP contribution in [0.3, 0.4) is 0 Å². The second kappa shape index (κ2) is 5.68. The Balaban J connectivity index is 1.89. The van der Waals surface area contributed by atoms with Gasteiger partial charge in [-0.05, 0) is 11.1 Å². The summed E-state index contributed by atoms with van der Waals surface area (Å²) in [6.45, 7) is 0. The van der Waals surface area contributed by atoms with Crippen LogP contribution in [0.15, 0.2) is 60.7 Å². The Morgan fingerprint density at radius 3 is 2.25 bits per heavy atom. The fourth-order valence-corrected chi connectivity index (χ4v) is 3.20. The number of benzene rings is 2. The van der Waals surface area contributed by atoms with Crippen molar-refractivity contribution in [1.82, 2.24) is 5.32 Å². The van der Waals surface area contributed by atoms with Gasteiger partial charge in [-0.1, -0.05) is 60.7 Å². The average molecular weight is 286 g/mol. The Labute approximate surface area is 123 Å². The third-order valence-corrected chi connectivity index (χ3v) is 4.35. The van der Waals surface area contributed by atoms with Crippen molar-refractivity contribution in [3.63, 3.8) is 0 Å². The van der Waals surface area contributed by atoms with Crippen LogP contribution in [-0.2, 0) is 4.79 Å². The van der Waals surface area contributed by atoms with Gasteiger partial charge in [0.1, 0.15) is 0 Å². The predicted molar refractivity (Wildman–Crippen MR) is 80.8 cm³/mol. The normalized spacial score (nSPS) is 23.4. The number of carbonyl (C=O) groups excluding carboxylic acids is 1. The van der Waals surface area contributed by atoms with Gasteiger partial charge in [0.2, 0.25) is 5.91 Å². The van der Waals surface area contributed by atoms with Crippen molar-refractivity contribution in [3.8, 4) is 0 Å². The second-order valence-corrected chi connectivity index (χ2v) is 5.60. The zero-order valence-corrected chi connectivity index (χ0v) is 11.8. The molecule has 0 unspecified atom stereocenters. The molecule has 1 N–H and O–H groups in total. The minimum atomic E-state index is -0.215. The molecule has 2 nitrogen and oxygen atoms in total. The summed E-state index contributed by atoms with van der Waals surface area (Å²) >= 11 is 6.61. The van der Waals surface area contributed by atoms with E-state index < -0.39 is 0 Å². The monoisotopic (exact) mass is 285 g/mol. The molecule has 0 aliphatic carbocycles. The lowest BCUT2D eigenvalue weighted by molar-refractivity contribution is -0.119. The first-order valence-corrected chi connectivity index (χ1v) is 7.22. The lowest BCUT2D eigenvalue weighted by Gasteiger charge is -2.24. The smallest absolute Gasteiger partial charge is 0.220 e. The average Bonchev–Trinajstić information content (AvgIpc) is 2.90. The fourth-order valence-electron chi connectivity index (χ4n) is 2.82. The van der Waals surface area contributed by atoms with Gasteiger partial charge in [0.25, 0.3) is 0 Å². The van der Waals surface area contributed by atoms with Gasteiger partial charge in [-0.25, -0.2) is 0 Å². The van der Waals surface area contributed by atoms with Gasteiger partial charge in [-0.3, -0.25) is 4.79 Å². The van der Waals surface area contributed by atoms with Gasteiger partial charge >= 0.3 is 0 Å². The Morgan fingerprint density at radius 1 is 1.00 bits per heavy atom. The van der Waals surface area contributed by atoms with E-state index in [1.54, 1.807) is 0 Å². The largest absolute Gasteiger partial charge is 0.351 e. The van der Waals surface area contributed by atoms with Crippen molar-refractivity contribution < 1.29 is 4.79 Å². The van der Waals surface area contributed by atoms with Crippen LogP contribution >= 0.6 is 11.6 Å². The van der Waals surface area contributed by atoms with Crippen LogP contribution in [0.25, 0.3) is 0 Å². The number of hydrogen-bond donors (Lipinski definition) is 1. The minimum absolute atomic E-state index is 0.0611. The molecule has 0 spiro atoms. The van der Waals surface area contributed by atoms with Crippen LogP contribution in [0, 0.1) is 0 Å². The van der Waals surface area contributed by atoms with E-state index >= 15 is 0 Å². The Morgan fingerprint density at radius 2 is 1.60 bits per heavy atom. The number of alkyl halides is 1. The summed E-state index contributed by atoms with van der Waals surface area (Å²) in [6.07, 6.45) is 0.505. The summed E-state index contributed by atoms with van der Waals surface area (Å²) in [5.41, 5.74) is 2.21. The molecule has 1 saturated heterocycles. The standard InChI is InChI=1S/C17H16ClNO/c18-16(13-9-5-2-6-10-13)17-14(11-15(20)19-17)12-7-3-1-4-8-12/h1-10,14,16-17H,11H2,(H,19,20)/t14-,16-,17-/m0/s1. The highest BCUT2D eigenvalue weighted by atomic mass is 35.5. The number of nitrogens with one attached hydrogen (secondary N) is 1. The van der Waals surface area contributed by atoms with Crippen LogP contribution in [0.4, 0.5) is 0 Å². The molecule has 0 bridgehead atoms. The third-order valence-electron chi connectivity index (χ3n) is 3.83. The number of rotatable bonds is 3. The van der Waals surface area contributed by atoms with Gasteiger partial charge in [0.05, 0.1) is 11.4 Å². The van der Waals surface area contributed by atoms with Gasteiger partial charge < -0.3 is 5.32 Å². The van der Waals surface area contributed by atoms with Gasteiger partial charge in [-0.2, -0.15) is 0 Å². The van der Waals surface area contributed by atoms with Gasteiger partial charge in [0.15, 0.2) is 0 Å². The maximum absolute atomic E-state index is 11.8. The lowest BCUT2D eigenvalue weighted by atomic mass is 9.88. The van der Waals surface area contributed by atoms with Crippen LogP contribution in [0.1, 0.15) is 28.8 Å². The minimum Gasteiger partial charge on any atom is -0.351 e. The van der Waals surface area contributed by atoms with E-state index in [9.17, 15) is 4.79 Å². The summed E-state index contributed by atoms with van der Waals surface area (Å²) < 4.78 is 0. The van der Waals surface area contributed by atoms with E-state index in [0.717, 1.165) is 11.1 Å². The van der Waals surface area contributed by atoms with E-state index in [0.29, 0.717) is 6.42 Å². The Kier molecular flexibility index (Phi) is 3.75. The van der Waals surface area contributed by atoms with Crippen molar-refractivity contribution in [3.05, 3.63) is 71.8 Å². The molecule has 3 heteroatoms. The number of carbonyl (C=O) groups is 1. The third kappa shape index (κ3) is 2.56. The quantitative estimate of drug-likeness (QED) is 0.857. The molecule has 102 valence electrons. The first kappa shape index (κ1) is 13.2. The molecule has 1 aliphatic heterocycles. The molecule has 1 fully saturated rings. The topological polar surface area (TPSA) is 29.1 Å². The SMILES string of the molecule is O=C1C[C@@H](c2ccccc2)[C@@H]([C@@H](Cl)c2ccccc2)N1. The molecular weight excluding hydrogens is 270 g/mol. The van der Waals surface area contributed by atoms with E-state index in [-0.39, 0.29) is 23.2 Å². The van der Waals surface area contributed by atoms with Gasteiger partial charge in [-0.15, -0.1) is 11.6 Å². The Bertz CT molecular complexity index is 584. The Hall–Kier alpha value is -1.80. The lowest BCUT2D eigenvalue weighted by Crippen LogP contribution is -2.32. The number of halogens is 1. The summed E-state index contributed by atoms with van der Waals surface area (Å²) in [5, 5.41) is 2.81. The van der Waals surface area contributed by atoms with Gasteiger partial charge in [0, 0.05) is 12.3 Å². The molecular formula is C17H16ClNO. The van der Waals surface area contributed by atoms with Crippen molar-refractivity contribution in [2.45, 2.75) is 23.8 Å². The maximum atomic E-state index is 11.8. The summed E-state index contributed by atoms with van der Waals surface area (Å²) in [4.78, 5) is 11.8. The highest BCUT2D eigenvalue weighted by Crippen LogP contribution is 2.38. The number of amides is 1. The van der Waals surface area contributed by atoms with Crippen molar-refractivity contribution >= 4 is 17.5 Å². The maximum Gasteiger partial charge on any atom is 0.220 e. The van der Waals surface area contributed by atoms with Crippen LogP contribution in [-0.4, -0.2) is 11.9 Å². The van der Waals surface area contributed by atoms with Crippen molar-refractivity contribution in [2.24, 2.45) is 0 Å². The van der Waals surface area contributed by atoms with E-state index in [4.69, 9.17) is 11.6 Å². The molecule has 3 atom stereocenters. The molecule has 1 aliphatic rings. The molecule has 0 radical (unpaired) electrons. The van der Waals surface area contributed by atoms with Crippen LogP contribution < -0.4 is 5.32 Å². The van der Waals surface area contributed by atoms with Crippen molar-refractivity contribution in [1.29, 1.82) is 0 Å². The molecule has 2 aromatic carbocycles. The molecule has 3 rings (SSSR count). The molecule has 20 heavy (non-hydrogen) atoms. The zero-order chi connectivity index (χ0) is 13.9. The second-order valence-electron chi connectivity index (χ2n) is 5.13. The summed E-state index contributed by atoms with van der Waals surface area (Å²) in [6, 6.07) is 20.0. The van der Waals surface area contributed by atoms with Crippen LogP contribution in [0.2, 0.25) is 0 Å². The molecule has 1 amide bonds. The van der Waals surface area contributed by atoms with E-state index in [1.807, 2.05) is 48.5 Å².